The van der Waals surface area contributed by atoms with E-state index in [1.54, 1.807) is 0 Å². The van der Waals surface area contributed by atoms with Crippen molar-refractivity contribution < 1.29 is 0 Å². The molecule has 2 aromatic rings. The molecular formula is C19H27ClN6. The molecule has 0 radical (unpaired) electrons. The van der Waals surface area contributed by atoms with Crippen molar-refractivity contribution in [1.82, 2.24) is 20.0 Å². The number of halogens is 1. The van der Waals surface area contributed by atoms with Gasteiger partial charge in [0.15, 0.2) is 5.96 Å². The molecule has 1 N–H and O–H groups in total. The molecule has 0 amide bonds. The van der Waals surface area contributed by atoms with Gasteiger partial charge in [0.05, 0.1) is 12.7 Å². The van der Waals surface area contributed by atoms with Crippen molar-refractivity contribution in [2.24, 2.45) is 4.99 Å². The Balaban J connectivity index is 1.51. The second kappa shape index (κ2) is 8.45. The minimum Gasteiger partial charge on any atom is -0.368 e. The first-order valence-electron chi connectivity index (χ1n) is 9.02. The number of nitrogens with one attached hydrogen (secondary N) is 1. The van der Waals surface area contributed by atoms with Crippen molar-refractivity contribution in [2.45, 2.75) is 20.4 Å². The van der Waals surface area contributed by atoms with Crippen molar-refractivity contribution in [1.29, 1.82) is 0 Å². The summed E-state index contributed by atoms with van der Waals surface area (Å²) in [5.41, 5.74) is 3.68. The summed E-state index contributed by atoms with van der Waals surface area (Å²) in [4.78, 5) is 9.15. The molecule has 1 fully saturated rings. The summed E-state index contributed by atoms with van der Waals surface area (Å²) in [5, 5.41) is 8.55. The van der Waals surface area contributed by atoms with Crippen molar-refractivity contribution in [3.63, 3.8) is 0 Å². The fourth-order valence-electron chi connectivity index (χ4n) is 3.29. The number of rotatable bonds is 4. The Morgan fingerprint density at radius 1 is 1.23 bits per heavy atom. The van der Waals surface area contributed by atoms with E-state index >= 15 is 0 Å². The molecule has 0 bridgehead atoms. The molecule has 1 aliphatic rings. The molecule has 0 spiro atoms. The van der Waals surface area contributed by atoms with E-state index in [4.69, 9.17) is 11.6 Å². The Morgan fingerprint density at radius 3 is 2.65 bits per heavy atom. The average Bonchev–Trinajstić information content (AvgIpc) is 3.06. The molecule has 0 aliphatic carbocycles. The van der Waals surface area contributed by atoms with Gasteiger partial charge in [-0.15, -0.1) is 0 Å². The van der Waals surface area contributed by atoms with Crippen LogP contribution in [-0.2, 0) is 6.54 Å². The Bertz CT molecular complexity index is 761. The molecule has 26 heavy (non-hydrogen) atoms. The quantitative estimate of drug-likeness (QED) is 0.660. The van der Waals surface area contributed by atoms with E-state index in [-0.39, 0.29) is 0 Å². The van der Waals surface area contributed by atoms with E-state index in [0.717, 1.165) is 50.3 Å². The van der Waals surface area contributed by atoms with Gasteiger partial charge < -0.3 is 15.1 Å². The largest absolute Gasteiger partial charge is 0.368 e. The third kappa shape index (κ3) is 4.49. The number of benzene rings is 1. The number of anilines is 1. The van der Waals surface area contributed by atoms with Crippen LogP contribution in [0.2, 0.25) is 5.02 Å². The Morgan fingerprint density at radius 2 is 2.00 bits per heavy atom. The number of aliphatic imine (C=N–C) groups is 1. The second-order valence-corrected chi connectivity index (χ2v) is 7.10. The lowest BCUT2D eigenvalue weighted by molar-refractivity contribution is 0.371. The monoisotopic (exact) mass is 374 g/mol. The summed E-state index contributed by atoms with van der Waals surface area (Å²) in [5.74, 6) is 0.955. The van der Waals surface area contributed by atoms with Gasteiger partial charge in [-0.25, -0.2) is 0 Å². The summed E-state index contributed by atoms with van der Waals surface area (Å²) in [6.07, 6.45) is 3.93. The maximum absolute atomic E-state index is 6.17. The number of piperazine rings is 1. The zero-order chi connectivity index (χ0) is 18.5. The lowest BCUT2D eigenvalue weighted by atomic mass is 10.1. The van der Waals surface area contributed by atoms with Gasteiger partial charge in [-0.05, 0) is 37.1 Å². The summed E-state index contributed by atoms with van der Waals surface area (Å²) in [6, 6.07) is 6.09. The highest BCUT2D eigenvalue weighted by atomic mass is 35.5. The minimum atomic E-state index is 0.791. The van der Waals surface area contributed by atoms with Gasteiger partial charge >= 0.3 is 0 Å². The number of guanidine groups is 1. The topological polar surface area (TPSA) is 48.7 Å². The Kier molecular flexibility index (Phi) is 6.04. The van der Waals surface area contributed by atoms with Gasteiger partial charge in [-0.1, -0.05) is 17.7 Å². The second-order valence-electron chi connectivity index (χ2n) is 6.66. The first kappa shape index (κ1) is 18.6. The Labute approximate surface area is 160 Å². The third-order valence-corrected chi connectivity index (χ3v) is 4.92. The highest BCUT2D eigenvalue weighted by Gasteiger charge is 2.20. The Hall–Kier alpha value is -2.21. The zero-order valence-corrected chi connectivity index (χ0v) is 16.5. The van der Waals surface area contributed by atoms with Gasteiger partial charge in [0.2, 0.25) is 0 Å². The first-order valence-corrected chi connectivity index (χ1v) is 9.40. The van der Waals surface area contributed by atoms with Crippen LogP contribution in [0.1, 0.15) is 11.1 Å². The normalized spacial score (nSPS) is 15.5. The number of hydrogen-bond acceptors (Lipinski definition) is 3. The molecular weight excluding hydrogens is 348 g/mol. The number of hydrogen-bond donors (Lipinski definition) is 1. The van der Waals surface area contributed by atoms with Gasteiger partial charge in [0, 0.05) is 56.7 Å². The number of aromatic nitrogens is 2. The van der Waals surface area contributed by atoms with Crippen LogP contribution in [0.3, 0.4) is 0 Å². The van der Waals surface area contributed by atoms with E-state index in [1.165, 1.54) is 16.8 Å². The summed E-state index contributed by atoms with van der Waals surface area (Å²) in [7, 11) is 1.84. The van der Waals surface area contributed by atoms with E-state index in [1.807, 2.05) is 24.0 Å². The van der Waals surface area contributed by atoms with Gasteiger partial charge in [0.1, 0.15) is 0 Å². The SMILES string of the molecule is CN=C(NCCn1cc(C)cn1)N1CCN(c2cc(Cl)ccc2C)CC1. The molecule has 3 rings (SSSR count). The van der Waals surface area contributed by atoms with E-state index in [9.17, 15) is 0 Å². The smallest absolute Gasteiger partial charge is 0.193 e. The highest BCUT2D eigenvalue weighted by Crippen LogP contribution is 2.25. The molecule has 0 unspecified atom stereocenters. The molecule has 0 atom stereocenters. The van der Waals surface area contributed by atoms with Crippen LogP contribution in [0.4, 0.5) is 5.69 Å². The fourth-order valence-corrected chi connectivity index (χ4v) is 3.45. The third-order valence-electron chi connectivity index (χ3n) is 4.69. The predicted molar refractivity (Wildman–Crippen MR) is 108 cm³/mol. The average molecular weight is 375 g/mol. The van der Waals surface area contributed by atoms with E-state index in [0.29, 0.717) is 0 Å². The molecule has 6 nitrogen and oxygen atoms in total. The summed E-state index contributed by atoms with van der Waals surface area (Å²) in [6.45, 7) is 9.61. The molecule has 2 heterocycles. The molecule has 7 heteroatoms. The molecule has 0 saturated carbocycles. The van der Waals surface area contributed by atoms with Gasteiger partial charge in [-0.2, -0.15) is 5.10 Å². The van der Waals surface area contributed by atoms with Crippen LogP contribution in [0, 0.1) is 13.8 Å². The molecule has 1 aromatic heterocycles. The van der Waals surface area contributed by atoms with Crippen molar-refractivity contribution in [3.8, 4) is 0 Å². The minimum absolute atomic E-state index is 0.791. The van der Waals surface area contributed by atoms with Crippen LogP contribution in [0.5, 0.6) is 0 Å². The maximum atomic E-state index is 6.17. The lowest BCUT2D eigenvalue weighted by Crippen LogP contribution is -2.53. The molecule has 140 valence electrons. The van der Waals surface area contributed by atoms with Crippen LogP contribution in [0.15, 0.2) is 35.6 Å². The molecule has 1 saturated heterocycles. The van der Waals surface area contributed by atoms with Gasteiger partial charge in [-0.3, -0.25) is 9.67 Å². The van der Waals surface area contributed by atoms with Crippen LogP contribution in [-0.4, -0.2) is 60.4 Å². The lowest BCUT2D eigenvalue weighted by Gasteiger charge is -2.38. The van der Waals surface area contributed by atoms with Crippen molar-refractivity contribution in [2.75, 3.05) is 44.7 Å². The number of nitrogens with zero attached hydrogens (tertiary/aromatic N) is 5. The maximum Gasteiger partial charge on any atom is 0.193 e. The molecule has 1 aromatic carbocycles. The standard InChI is InChI=1S/C19H27ClN6/c1-15-13-23-26(14-15)7-6-22-19(21-3)25-10-8-24(9-11-25)18-12-17(20)5-4-16(18)2/h4-5,12-14H,6-11H2,1-3H3,(H,21,22). The summed E-state index contributed by atoms with van der Waals surface area (Å²) < 4.78 is 1.95. The van der Waals surface area contributed by atoms with E-state index < -0.39 is 0 Å². The van der Waals surface area contributed by atoms with Crippen molar-refractivity contribution >= 4 is 23.2 Å². The zero-order valence-electron chi connectivity index (χ0n) is 15.7. The highest BCUT2D eigenvalue weighted by molar-refractivity contribution is 6.30. The van der Waals surface area contributed by atoms with Crippen LogP contribution < -0.4 is 10.2 Å². The first-order chi connectivity index (χ1) is 12.6. The van der Waals surface area contributed by atoms with Crippen LogP contribution in [0.25, 0.3) is 0 Å². The van der Waals surface area contributed by atoms with Gasteiger partial charge in [0.25, 0.3) is 0 Å². The van der Waals surface area contributed by atoms with E-state index in [2.05, 4.69) is 57.4 Å². The van der Waals surface area contributed by atoms with Crippen LogP contribution >= 0.6 is 11.6 Å². The summed E-state index contributed by atoms with van der Waals surface area (Å²) >= 11 is 6.17. The molecule has 1 aliphatic heterocycles. The predicted octanol–water partition coefficient (Wildman–Crippen LogP) is 2.55. The number of aryl methyl sites for hydroxylation is 2. The fraction of sp³-hybridized carbons (Fsp3) is 0.474. The van der Waals surface area contributed by atoms with Crippen molar-refractivity contribution in [3.05, 3.63) is 46.7 Å².